The maximum atomic E-state index is 11.7. The van der Waals surface area contributed by atoms with Crippen molar-refractivity contribution in [1.29, 1.82) is 0 Å². The molecule has 1 fully saturated rings. The summed E-state index contributed by atoms with van der Waals surface area (Å²) in [6.07, 6.45) is 1.76. The lowest BCUT2D eigenvalue weighted by Gasteiger charge is -2.31. The molecule has 0 aromatic carbocycles. The number of piperidine rings is 1. The summed E-state index contributed by atoms with van der Waals surface area (Å²) in [6, 6.07) is 0.314. The highest BCUT2D eigenvalue weighted by molar-refractivity contribution is 5.85. The molecule has 0 radical (unpaired) electrons. The average Bonchev–Trinajstić information content (AvgIpc) is 2.05. The Kier molecular flexibility index (Phi) is 6.34. The van der Waals surface area contributed by atoms with Crippen molar-refractivity contribution in [1.82, 2.24) is 10.6 Å². The number of halogens is 1. The summed E-state index contributed by atoms with van der Waals surface area (Å²) in [5.41, 5.74) is 0.0788. The summed E-state index contributed by atoms with van der Waals surface area (Å²) in [6.45, 7) is 10.5. The van der Waals surface area contributed by atoms with Crippen molar-refractivity contribution in [3.63, 3.8) is 0 Å². The maximum absolute atomic E-state index is 11.7. The Morgan fingerprint density at radius 1 is 1.44 bits per heavy atom. The van der Waals surface area contributed by atoms with Crippen LogP contribution in [0.4, 0.5) is 0 Å². The van der Waals surface area contributed by atoms with Crippen molar-refractivity contribution < 1.29 is 4.79 Å². The van der Waals surface area contributed by atoms with Crippen LogP contribution in [0.3, 0.4) is 0 Å². The zero-order valence-electron chi connectivity index (χ0n) is 10.8. The van der Waals surface area contributed by atoms with Crippen LogP contribution in [0.15, 0.2) is 0 Å². The minimum absolute atomic E-state index is 0. The third-order valence-corrected chi connectivity index (χ3v) is 2.86. The molecule has 1 amide bonds. The molecule has 1 aliphatic rings. The zero-order valence-corrected chi connectivity index (χ0v) is 11.6. The first kappa shape index (κ1) is 15.7. The van der Waals surface area contributed by atoms with E-state index in [-0.39, 0.29) is 23.7 Å². The van der Waals surface area contributed by atoms with Crippen molar-refractivity contribution >= 4 is 18.3 Å². The van der Waals surface area contributed by atoms with Crippen LogP contribution in [-0.2, 0) is 4.79 Å². The molecule has 1 saturated heterocycles. The maximum Gasteiger partial charge on any atom is 0.220 e. The van der Waals surface area contributed by atoms with E-state index in [1.165, 1.54) is 0 Å². The molecule has 1 rings (SSSR count). The normalized spacial score (nSPS) is 25.8. The first-order valence-electron chi connectivity index (χ1n) is 5.88. The summed E-state index contributed by atoms with van der Waals surface area (Å²) in [5.74, 6) is 0.776. The molecular weight excluding hydrogens is 224 g/mol. The van der Waals surface area contributed by atoms with Crippen LogP contribution in [0.5, 0.6) is 0 Å². The molecule has 96 valence electrons. The lowest BCUT2D eigenvalue weighted by Crippen LogP contribution is -2.50. The van der Waals surface area contributed by atoms with E-state index >= 15 is 0 Å². The SMILES string of the molecule is CC1CCNCC1NC(=O)CC(C)(C)C.Cl. The quantitative estimate of drug-likeness (QED) is 0.785. The lowest BCUT2D eigenvalue weighted by molar-refractivity contribution is -0.124. The molecule has 0 saturated carbocycles. The van der Waals surface area contributed by atoms with Crippen LogP contribution in [-0.4, -0.2) is 25.0 Å². The fourth-order valence-corrected chi connectivity index (χ4v) is 1.92. The summed E-state index contributed by atoms with van der Waals surface area (Å²) in [5, 5.41) is 6.44. The number of rotatable bonds is 2. The topological polar surface area (TPSA) is 41.1 Å². The van der Waals surface area contributed by atoms with E-state index in [2.05, 4.69) is 38.3 Å². The molecule has 0 aliphatic carbocycles. The van der Waals surface area contributed by atoms with E-state index in [1.54, 1.807) is 0 Å². The summed E-state index contributed by atoms with van der Waals surface area (Å²) in [7, 11) is 0. The highest BCUT2D eigenvalue weighted by atomic mass is 35.5. The number of hydrogen-bond donors (Lipinski definition) is 2. The monoisotopic (exact) mass is 248 g/mol. The van der Waals surface area contributed by atoms with Gasteiger partial charge in [0, 0.05) is 19.0 Å². The molecule has 4 heteroatoms. The Morgan fingerprint density at radius 3 is 2.56 bits per heavy atom. The smallest absolute Gasteiger partial charge is 0.220 e. The molecule has 1 aliphatic heterocycles. The summed E-state index contributed by atoms with van der Waals surface area (Å²) in [4.78, 5) is 11.7. The second-order valence-electron chi connectivity index (χ2n) is 5.88. The van der Waals surface area contributed by atoms with Gasteiger partial charge in [0.15, 0.2) is 0 Å². The van der Waals surface area contributed by atoms with Crippen molar-refractivity contribution in [2.24, 2.45) is 11.3 Å². The predicted octanol–water partition coefficient (Wildman–Crippen LogP) is 1.96. The molecule has 0 bridgehead atoms. The van der Waals surface area contributed by atoms with Gasteiger partial charge in [0.2, 0.25) is 5.91 Å². The van der Waals surface area contributed by atoms with Gasteiger partial charge in [-0.25, -0.2) is 0 Å². The van der Waals surface area contributed by atoms with Crippen molar-refractivity contribution in [3.05, 3.63) is 0 Å². The van der Waals surface area contributed by atoms with Gasteiger partial charge in [0.25, 0.3) is 0 Å². The third-order valence-electron chi connectivity index (χ3n) is 2.86. The number of hydrogen-bond acceptors (Lipinski definition) is 2. The molecule has 3 nitrogen and oxygen atoms in total. The van der Waals surface area contributed by atoms with E-state index in [0.717, 1.165) is 19.5 Å². The van der Waals surface area contributed by atoms with Crippen molar-refractivity contribution in [3.8, 4) is 0 Å². The van der Waals surface area contributed by atoms with E-state index in [0.29, 0.717) is 18.4 Å². The van der Waals surface area contributed by atoms with E-state index in [4.69, 9.17) is 0 Å². The van der Waals surface area contributed by atoms with Gasteiger partial charge in [-0.05, 0) is 24.3 Å². The molecule has 2 unspecified atom stereocenters. The fraction of sp³-hybridized carbons (Fsp3) is 0.917. The molecular formula is C12H25ClN2O. The minimum atomic E-state index is 0. The molecule has 2 N–H and O–H groups in total. The lowest BCUT2D eigenvalue weighted by atomic mass is 9.90. The Morgan fingerprint density at radius 2 is 2.06 bits per heavy atom. The van der Waals surface area contributed by atoms with Gasteiger partial charge >= 0.3 is 0 Å². The standard InChI is InChI=1S/C12H24N2O.ClH/c1-9-5-6-13-8-10(9)14-11(15)7-12(2,3)4;/h9-10,13H,5-8H2,1-4H3,(H,14,15);1H. The fourth-order valence-electron chi connectivity index (χ4n) is 1.92. The number of amides is 1. The zero-order chi connectivity index (χ0) is 11.5. The third kappa shape index (κ3) is 5.71. The first-order chi connectivity index (χ1) is 6.88. The van der Waals surface area contributed by atoms with E-state index in [1.807, 2.05) is 0 Å². The number of carbonyl (C=O) groups excluding carboxylic acids is 1. The second kappa shape index (κ2) is 6.45. The molecule has 2 atom stereocenters. The molecule has 0 aromatic heterocycles. The minimum Gasteiger partial charge on any atom is -0.352 e. The predicted molar refractivity (Wildman–Crippen MR) is 69.9 cm³/mol. The van der Waals surface area contributed by atoms with E-state index < -0.39 is 0 Å². The van der Waals surface area contributed by atoms with Crippen LogP contribution in [0, 0.1) is 11.3 Å². The molecule has 0 aromatic rings. The molecule has 0 spiro atoms. The highest BCUT2D eigenvalue weighted by Crippen LogP contribution is 2.19. The van der Waals surface area contributed by atoms with E-state index in [9.17, 15) is 4.79 Å². The summed E-state index contributed by atoms with van der Waals surface area (Å²) < 4.78 is 0. The number of carbonyl (C=O) groups is 1. The van der Waals surface area contributed by atoms with Crippen LogP contribution in [0.1, 0.15) is 40.5 Å². The van der Waals surface area contributed by atoms with Gasteiger partial charge in [-0.3, -0.25) is 4.79 Å². The van der Waals surface area contributed by atoms with Gasteiger partial charge in [0.05, 0.1) is 0 Å². The molecule has 16 heavy (non-hydrogen) atoms. The molecule has 1 heterocycles. The van der Waals surface area contributed by atoms with Gasteiger partial charge in [0.1, 0.15) is 0 Å². The Hall–Kier alpha value is -0.280. The summed E-state index contributed by atoms with van der Waals surface area (Å²) >= 11 is 0. The van der Waals surface area contributed by atoms with Crippen LogP contribution in [0.2, 0.25) is 0 Å². The van der Waals surface area contributed by atoms with Gasteiger partial charge in [-0.1, -0.05) is 27.7 Å². The van der Waals surface area contributed by atoms with Crippen molar-refractivity contribution in [2.75, 3.05) is 13.1 Å². The van der Waals surface area contributed by atoms with Gasteiger partial charge in [-0.15, -0.1) is 12.4 Å². The van der Waals surface area contributed by atoms with Crippen LogP contribution >= 0.6 is 12.4 Å². The second-order valence-corrected chi connectivity index (χ2v) is 5.88. The van der Waals surface area contributed by atoms with Gasteiger partial charge in [-0.2, -0.15) is 0 Å². The number of nitrogens with one attached hydrogen (secondary N) is 2. The van der Waals surface area contributed by atoms with Gasteiger partial charge < -0.3 is 10.6 Å². The Bertz CT molecular complexity index is 226. The highest BCUT2D eigenvalue weighted by Gasteiger charge is 2.24. The Balaban J connectivity index is 0.00000225. The first-order valence-corrected chi connectivity index (χ1v) is 5.88. The van der Waals surface area contributed by atoms with Crippen LogP contribution in [0.25, 0.3) is 0 Å². The van der Waals surface area contributed by atoms with Crippen molar-refractivity contribution in [2.45, 2.75) is 46.6 Å². The average molecular weight is 249 g/mol. The Labute approximate surface area is 105 Å². The van der Waals surface area contributed by atoms with Crippen LogP contribution < -0.4 is 10.6 Å². The largest absolute Gasteiger partial charge is 0.352 e.